The molecule has 0 aliphatic rings. The monoisotopic (exact) mass is 240 g/mol. The molecule has 1 aromatic heterocycles. The highest BCUT2D eigenvalue weighted by atomic mass is 32.2. The highest BCUT2D eigenvalue weighted by molar-refractivity contribution is 7.99. The number of nitrogens with two attached hydrogens (primary N) is 2. The third kappa shape index (κ3) is 3.18. The van der Waals surface area contributed by atoms with Gasteiger partial charge in [-0.05, 0) is 26.3 Å². The molecule has 0 fully saturated rings. The number of amides is 1. The van der Waals surface area contributed by atoms with Crippen LogP contribution in [-0.2, 0) is 4.79 Å². The Balaban J connectivity index is 2.72. The number of thioether (sulfide) groups is 1. The van der Waals surface area contributed by atoms with Gasteiger partial charge < -0.3 is 11.5 Å². The first-order valence-corrected chi connectivity index (χ1v) is 5.90. The first-order chi connectivity index (χ1) is 7.41. The van der Waals surface area contributed by atoms with Crippen molar-refractivity contribution in [1.29, 1.82) is 0 Å². The van der Waals surface area contributed by atoms with Gasteiger partial charge in [0.15, 0.2) is 5.16 Å². The zero-order valence-electron chi connectivity index (χ0n) is 9.65. The van der Waals surface area contributed by atoms with E-state index in [0.717, 1.165) is 17.0 Å². The minimum Gasteiger partial charge on any atom is -0.368 e. The summed E-state index contributed by atoms with van der Waals surface area (Å²) in [7, 11) is 0. The van der Waals surface area contributed by atoms with Crippen molar-refractivity contribution in [1.82, 2.24) is 9.97 Å². The molecule has 0 radical (unpaired) electrons. The maximum absolute atomic E-state index is 10.8. The highest BCUT2D eigenvalue weighted by Gasteiger charge is 2.11. The van der Waals surface area contributed by atoms with Crippen LogP contribution in [0.15, 0.2) is 5.16 Å². The molecule has 6 heteroatoms. The summed E-state index contributed by atoms with van der Waals surface area (Å²) in [5.41, 5.74) is 13.6. The predicted octanol–water partition coefficient (Wildman–Crippen LogP) is 0.307. The molecule has 88 valence electrons. The molecule has 1 unspecified atom stereocenters. The van der Waals surface area contributed by atoms with E-state index in [-0.39, 0.29) is 0 Å². The molecular weight excluding hydrogens is 224 g/mol. The minimum absolute atomic E-state index is 0.400. The van der Waals surface area contributed by atoms with Crippen LogP contribution in [0.5, 0.6) is 0 Å². The van der Waals surface area contributed by atoms with Crippen LogP contribution >= 0.6 is 11.8 Å². The fourth-order valence-corrected chi connectivity index (χ4v) is 1.95. The van der Waals surface area contributed by atoms with Crippen molar-refractivity contribution in [2.45, 2.75) is 32.0 Å². The Bertz CT molecular complexity index is 385. The molecule has 1 aromatic rings. The summed E-state index contributed by atoms with van der Waals surface area (Å²) in [5.74, 6) is -0.106. The van der Waals surface area contributed by atoms with E-state index in [1.807, 2.05) is 20.8 Å². The molecule has 1 atom stereocenters. The van der Waals surface area contributed by atoms with E-state index in [1.165, 1.54) is 11.8 Å². The molecule has 0 aliphatic carbocycles. The van der Waals surface area contributed by atoms with E-state index in [9.17, 15) is 4.79 Å². The molecule has 0 saturated heterocycles. The Morgan fingerprint density at radius 3 is 2.25 bits per heavy atom. The largest absolute Gasteiger partial charge is 0.368 e. The number of aryl methyl sites for hydroxylation is 2. The Morgan fingerprint density at radius 1 is 1.31 bits per heavy atom. The van der Waals surface area contributed by atoms with Crippen molar-refractivity contribution < 1.29 is 4.79 Å². The normalized spacial score (nSPS) is 12.5. The zero-order chi connectivity index (χ0) is 12.3. The Labute approximate surface area is 99.0 Å². The van der Waals surface area contributed by atoms with Gasteiger partial charge in [-0.15, -0.1) is 0 Å². The molecule has 16 heavy (non-hydrogen) atoms. The van der Waals surface area contributed by atoms with Crippen molar-refractivity contribution in [3.63, 3.8) is 0 Å². The van der Waals surface area contributed by atoms with Gasteiger partial charge in [-0.1, -0.05) is 11.8 Å². The summed E-state index contributed by atoms with van der Waals surface area (Å²) in [5, 5.41) is 0.636. The number of carbonyl (C=O) groups excluding carboxylic acids is 1. The van der Waals surface area contributed by atoms with Crippen LogP contribution in [0.3, 0.4) is 0 Å². The number of hydrogen-bond donors (Lipinski definition) is 2. The Kier molecular flexibility index (Phi) is 4.26. The lowest BCUT2D eigenvalue weighted by Gasteiger charge is -2.08. The summed E-state index contributed by atoms with van der Waals surface area (Å²) < 4.78 is 0. The molecule has 0 aliphatic heterocycles. The van der Waals surface area contributed by atoms with Crippen LogP contribution in [0.2, 0.25) is 0 Å². The van der Waals surface area contributed by atoms with Gasteiger partial charge in [0.1, 0.15) is 0 Å². The molecule has 0 spiro atoms. The van der Waals surface area contributed by atoms with Crippen LogP contribution in [0, 0.1) is 20.8 Å². The minimum atomic E-state index is -0.657. The highest BCUT2D eigenvalue weighted by Crippen LogP contribution is 2.17. The molecule has 0 bridgehead atoms. The average Bonchev–Trinajstić information content (AvgIpc) is 2.22. The molecular formula is C10H16N4OS. The maximum Gasteiger partial charge on any atom is 0.235 e. The van der Waals surface area contributed by atoms with Crippen LogP contribution in [0.1, 0.15) is 17.0 Å². The Hall–Kier alpha value is -1.14. The first kappa shape index (κ1) is 12.9. The first-order valence-electron chi connectivity index (χ1n) is 4.91. The van der Waals surface area contributed by atoms with Gasteiger partial charge in [0.2, 0.25) is 5.91 Å². The number of aromatic nitrogens is 2. The lowest BCUT2D eigenvalue weighted by atomic mass is 10.2. The van der Waals surface area contributed by atoms with Gasteiger partial charge in [0.25, 0.3) is 0 Å². The summed E-state index contributed by atoms with van der Waals surface area (Å²) in [6.07, 6.45) is 0. The van der Waals surface area contributed by atoms with Gasteiger partial charge >= 0.3 is 0 Å². The van der Waals surface area contributed by atoms with E-state index in [2.05, 4.69) is 9.97 Å². The average molecular weight is 240 g/mol. The molecule has 1 rings (SSSR count). The van der Waals surface area contributed by atoms with Crippen molar-refractivity contribution in [2.75, 3.05) is 5.75 Å². The van der Waals surface area contributed by atoms with E-state index >= 15 is 0 Å². The van der Waals surface area contributed by atoms with E-state index < -0.39 is 11.9 Å². The van der Waals surface area contributed by atoms with Gasteiger partial charge in [-0.3, -0.25) is 4.79 Å². The lowest BCUT2D eigenvalue weighted by molar-refractivity contribution is -0.118. The molecule has 5 nitrogen and oxygen atoms in total. The summed E-state index contributed by atoms with van der Waals surface area (Å²) in [4.78, 5) is 19.4. The third-order valence-electron chi connectivity index (χ3n) is 2.37. The predicted molar refractivity (Wildman–Crippen MR) is 64.1 cm³/mol. The molecule has 1 heterocycles. The Morgan fingerprint density at radius 2 is 1.81 bits per heavy atom. The van der Waals surface area contributed by atoms with Gasteiger partial charge in [0.05, 0.1) is 6.04 Å². The number of carbonyl (C=O) groups is 1. The summed E-state index contributed by atoms with van der Waals surface area (Å²) in [6.45, 7) is 5.85. The van der Waals surface area contributed by atoms with Gasteiger partial charge in [-0.2, -0.15) is 0 Å². The smallest absolute Gasteiger partial charge is 0.235 e. The number of nitrogens with zero attached hydrogens (tertiary/aromatic N) is 2. The second-order valence-corrected chi connectivity index (χ2v) is 4.61. The van der Waals surface area contributed by atoms with Crippen LogP contribution in [0.4, 0.5) is 0 Å². The zero-order valence-corrected chi connectivity index (χ0v) is 10.5. The van der Waals surface area contributed by atoms with Crippen molar-refractivity contribution in [3.05, 3.63) is 17.0 Å². The van der Waals surface area contributed by atoms with Gasteiger partial charge in [0, 0.05) is 17.1 Å². The summed E-state index contributed by atoms with van der Waals surface area (Å²) >= 11 is 1.35. The number of hydrogen-bond acceptors (Lipinski definition) is 5. The second kappa shape index (κ2) is 5.27. The van der Waals surface area contributed by atoms with E-state index in [4.69, 9.17) is 11.5 Å². The number of rotatable bonds is 4. The molecule has 4 N–H and O–H groups in total. The quantitative estimate of drug-likeness (QED) is 0.583. The fourth-order valence-electron chi connectivity index (χ4n) is 1.05. The standard InChI is InChI=1S/C10H16N4OS/c1-5-6(2)13-10(14-7(5)3)16-4-8(11)9(12)15/h8H,4,11H2,1-3H3,(H2,12,15). The van der Waals surface area contributed by atoms with E-state index in [1.54, 1.807) is 0 Å². The fraction of sp³-hybridized carbons (Fsp3) is 0.500. The number of primary amides is 1. The van der Waals surface area contributed by atoms with Crippen molar-refractivity contribution >= 4 is 17.7 Å². The molecule has 1 amide bonds. The van der Waals surface area contributed by atoms with E-state index in [0.29, 0.717) is 10.9 Å². The molecule has 0 aromatic carbocycles. The second-order valence-electron chi connectivity index (χ2n) is 3.62. The summed E-state index contributed by atoms with van der Waals surface area (Å²) in [6, 6.07) is -0.657. The maximum atomic E-state index is 10.8. The molecule has 0 saturated carbocycles. The lowest BCUT2D eigenvalue weighted by Crippen LogP contribution is -2.38. The SMILES string of the molecule is Cc1nc(SCC(N)C(N)=O)nc(C)c1C. The van der Waals surface area contributed by atoms with Crippen LogP contribution in [0.25, 0.3) is 0 Å². The van der Waals surface area contributed by atoms with Crippen LogP contribution in [-0.4, -0.2) is 27.7 Å². The third-order valence-corrected chi connectivity index (χ3v) is 3.34. The van der Waals surface area contributed by atoms with Crippen molar-refractivity contribution in [3.8, 4) is 0 Å². The van der Waals surface area contributed by atoms with Crippen molar-refractivity contribution in [2.24, 2.45) is 11.5 Å². The van der Waals surface area contributed by atoms with Gasteiger partial charge in [-0.25, -0.2) is 9.97 Å². The van der Waals surface area contributed by atoms with Crippen LogP contribution < -0.4 is 11.5 Å². The topological polar surface area (TPSA) is 94.9 Å².